The Bertz CT molecular complexity index is 619. The second-order valence-electron chi connectivity index (χ2n) is 5.58. The molecule has 0 bridgehead atoms. The van der Waals surface area contributed by atoms with E-state index in [9.17, 15) is 9.59 Å². The first-order valence-electron chi connectivity index (χ1n) is 8.32. The van der Waals surface area contributed by atoms with Crippen LogP contribution in [0.2, 0.25) is 0 Å². The van der Waals surface area contributed by atoms with Gasteiger partial charge in [-0.05, 0) is 18.6 Å². The molecule has 0 fully saturated rings. The molecule has 0 aliphatic carbocycles. The monoisotopic (exact) mass is 352 g/mol. The van der Waals surface area contributed by atoms with Gasteiger partial charge in [0, 0.05) is 26.0 Å². The topological polar surface area (TPSA) is 98.2 Å². The van der Waals surface area contributed by atoms with Crippen LogP contribution in [0.1, 0.15) is 37.4 Å². The van der Waals surface area contributed by atoms with Crippen molar-refractivity contribution in [2.75, 3.05) is 26.9 Å². The SMILES string of the molecule is CCOC(=O)CCC(=O)N1Cc2cc(OC)c(OCCCO)nc2C1. The van der Waals surface area contributed by atoms with Crippen LogP contribution in [0.15, 0.2) is 6.07 Å². The molecule has 1 N–H and O–H groups in total. The highest BCUT2D eigenvalue weighted by molar-refractivity contribution is 5.81. The number of carbonyl (C=O) groups is 2. The lowest BCUT2D eigenvalue weighted by Gasteiger charge is -2.14. The van der Waals surface area contributed by atoms with Crippen LogP contribution in [0.4, 0.5) is 0 Å². The van der Waals surface area contributed by atoms with Crippen LogP contribution in [0, 0.1) is 0 Å². The number of hydrogen-bond donors (Lipinski definition) is 1. The number of pyridine rings is 1. The summed E-state index contributed by atoms with van der Waals surface area (Å²) >= 11 is 0. The van der Waals surface area contributed by atoms with Crippen LogP contribution in [0.3, 0.4) is 0 Å². The molecule has 8 heteroatoms. The number of hydrogen-bond acceptors (Lipinski definition) is 7. The number of esters is 1. The van der Waals surface area contributed by atoms with Crippen molar-refractivity contribution >= 4 is 11.9 Å². The zero-order valence-electron chi connectivity index (χ0n) is 14.6. The number of methoxy groups -OCH3 is 1. The Morgan fingerprint density at radius 3 is 2.80 bits per heavy atom. The molecule has 1 aromatic rings. The van der Waals surface area contributed by atoms with Crippen LogP contribution in [0.5, 0.6) is 11.6 Å². The molecule has 138 valence electrons. The lowest BCUT2D eigenvalue weighted by atomic mass is 10.2. The Morgan fingerprint density at radius 2 is 2.12 bits per heavy atom. The molecule has 0 unspecified atom stereocenters. The molecule has 0 radical (unpaired) electrons. The van der Waals surface area contributed by atoms with Gasteiger partial charge < -0.3 is 24.2 Å². The molecule has 1 aliphatic heterocycles. The summed E-state index contributed by atoms with van der Waals surface area (Å²) in [5.74, 6) is 0.368. The van der Waals surface area contributed by atoms with Gasteiger partial charge in [0.2, 0.25) is 5.91 Å². The van der Waals surface area contributed by atoms with E-state index in [1.807, 2.05) is 6.07 Å². The van der Waals surface area contributed by atoms with Crippen LogP contribution >= 0.6 is 0 Å². The van der Waals surface area contributed by atoms with Gasteiger partial charge in [0.05, 0.1) is 39.0 Å². The molecule has 0 saturated carbocycles. The number of aliphatic hydroxyl groups excluding tert-OH is 1. The van der Waals surface area contributed by atoms with Crippen LogP contribution in [-0.2, 0) is 27.4 Å². The van der Waals surface area contributed by atoms with E-state index in [0.717, 1.165) is 11.3 Å². The van der Waals surface area contributed by atoms with E-state index in [1.165, 1.54) is 7.11 Å². The first kappa shape index (κ1) is 19.0. The van der Waals surface area contributed by atoms with Gasteiger partial charge in [-0.1, -0.05) is 0 Å². The molecule has 0 spiro atoms. The maximum Gasteiger partial charge on any atom is 0.306 e. The summed E-state index contributed by atoms with van der Waals surface area (Å²) in [5, 5.41) is 8.84. The summed E-state index contributed by atoms with van der Waals surface area (Å²) in [5.41, 5.74) is 1.65. The van der Waals surface area contributed by atoms with Crippen molar-refractivity contribution in [3.63, 3.8) is 0 Å². The third-order valence-corrected chi connectivity index (χ3v) is 3.79. The summed E-state index contributed by atoms with van der Waals surface area (Å²) in [6.45, 7) is 3.21. The molecule has 2 heterocycles. The average Bonchev–Trinajstić information content (AvgIpc) is 3.02. The van der Waals surface area contributed by atoms with Crippen LogP contribution in [0.25, 0.3) is 0 Å². The highest BCUT2D eigenvalue weighted by Gasteiger charge is 2.27. The van der Waals surface area contributed by atoms with E-state index in [2.05, 4.69) is 4.98 Å². The number of carbonyl (C=O) groups excluding carboxylic acids is 2. The van der Waals surface area contributed by atoms with Crippen molar-refractivity contribution in [1.82, 2.24) is 9.88 Å². The number of ether oxygens (including phenoxy) is 3. The number of nitrogens with zero attached hydrogens (tertiary/aromatic N) is 2. The van der Waals surface area contributed by atoms with Crippen LogP contribution < -0.4 is 9.47 Å². The average molecular weight is 352 g/mol. The fraction of sp³-hybridized carbons (Fsp3) is 0.588. The minimum atomic E-state index is -0.369. The smallest absolute Gasteiger partial charge is 0.306 e. The van der Waals surface area contributed by atoms with Gasteiger partial charge in [-0.25, -0.2) is 4.98 Å². The summed E-state index contributed by atoms with van der Waals surface area (Å²) in [6.07, 6.45) is 0.690. The minimum Gasteiger partial charge on any atom is -0.491 e. The fourth-order valence-corrected chi connectivity index (χ4v) is 2.53. The van der Waals surface area contributed by atoms with Gasteiger partial charge >= 0.3 is 5.97 Å². The first-order valence-corrected chi connectivity index (χ1v) is 8.32. The second-order valence-corrected chi connectivity index (χ2v) is 5.58. The second kappa shape index (κ2) is 9.22. The van der Waals surface area contributed by atoms with E-state index >= 15 is 0 Å². The Hall–Kier alpha value is -2.35. The number of aliphatic hydroxyl groups is 1. The van der Waals surface area contributed by atoms with Crippen molar-refractivity contribution in [2.45, 2.75) is 39.3 Å². The molecule has 0 saturated heterocycles. The number of rotatable bonds is 9. The molecule has 2 rings (SSSR count). The first-order chi connectivity index (χ1) is 12.1. The van der Waals surface area contributed by atoms with E-state index < -0.39 is 0 Å². The zero-order chi connectivity index (χ0) is 18.2. The van der Waals surface area contributed by atoms with Gasteiger partial charge in [-0.15, -0.1) is 0 Å². The fourth-order valence-electron chi connectivity index (χ4n) is 2.53. The van der Waals surface area contributed by atoms with Crippen LogP contribution in [-0.4, -0.2) is 53.8 Å². The highest BCUT2D eigenvalue weighted by atomic mass is 16.5. The molecule has 1 aromatic heterocycles. The molecule has 1 aliphatic rings. The summed E-state index contributed by atoms with van der Waals surface area (Å²) in [7, 11) is 1.53. The van der Waals surface area contributed by atoms with Gasteiger partial charge in [-0.3, -0.25) is 9.59 Å². The molecule has 0 atom stereocenters. The summed E-state index contributed by atoms with van der Waals surface area (Å²) in [4.78, 5) is 29.7. The van der Waals surface area contributed by atoms with Crippen molar-refractivity contribution in [2.24, 2.45) is 0 Å². The molecule has 1 amide bonds. The molecule has 8 nitrogen and oxygen atoms in total. The third kappa shape index (κ3) is 5.06. The lowest BCUT2D eigenvalue weighted by Crippen LogP contribution is -2.26. The van der Waals surface area contributed by atoms with Crippen molar-refractivity contribution in [3.8, 4) is 11.6 Å². The van der Waals surface area contributed by atoms with E-state index in [-0.39, 0.29) is 31.3 Å². The van der Waals surface area contributed by atoms with Crippen molar-refractivity contribution in [3.05, 3.63) is 17.3 Å². The van der Waals surface area contributed by atoms with Gasteiger partial charge in [-0.2, -0.15) is 0 Å². The Balaban J connectivity index is 1.98. The maximum absolute atomic E-state index is 12.3. The van der Waals surface area contributed by atoms with E-state index in [0.29, 0.717) is 44.4 Å². The maximum atomic E-state index is 12.3. The largest absolute Gasteiger partial charge is 0.491 e. The zero-order valence-corrected chi connectivity index (χ0v) is 14.6. The normalized spacial score (nSPS) is 12.7. The third-order valence-electron chi connectivity index (χ3n) is 3.79. The Kier molecular flexibility index (Phi) is 7.00. The predicted octanol–water partition coefficient (Wildman–Crippen LogP) is 1.04. The Morgan fingerprint density at radius 1 is 1.32 bits per heavy atom. The van der Waals surface area contributed by atoms with Gasteiger partial charge in [0.1, 0.15) is 0 Å². The minimum absolute atomic E-state index is 0.0377. The Labute approximate surface area is 146 Å². The van der Waals surface area contributed by atoms with Crippen molar-refractivity contribution < 1.29 is 28.9 Å². The van der Waals surface area contributed by atoms with E-state index in [1.54, 1.807) is 11.8 Å². The molecular formula is C17H24N2O6. The molecule has 25 heavy (non-hydrogen) atoms. The van der Waals surface area contributed by atoms with Gasteiger partial charge in [0.15, 0.2) is 5.75 Å². The highest BCUT2D eigenvalue weighted by Crippen LogP contribution is 2.32. The molecular weight excluding hydrogens is 328 g/mol. The molecule has 0 aromatic carbocycles. The summed E-state index contributed by atoms with van der Waals surface area (Å²) in [6, 6.07) is 1.81. The summed E-state index contributed by atoms with van der Waals surface area (Å²) < 4.78 is 15.7. The standard InChI is InChI=1S/C17H24N2O6/c1-3-24-16(22)6-5-15(21)19-10-12-9-14(23-2)17(18-13(12)11-19)25-8-4-7-20/h9,20H,3-8,10-11H2,1-2H3. The van der Waals surface area contributed by atoms with E-state index in [4.69, 9.17) is 19.3 Å². The predicted molar refractivity (Wildman–Crippen MR) is 88.1 cm³/mol. The number of fused-ring (bicyclic) bond motifs is 1. The van der Waals surface area contributed by atoms with Crippen molar-refractivity contribution in [1.29, 1.82) is 0 Å². The lowest BCUT2D eigenvalue weighted by molar-refractivity contribution is -0.145. The number of amides is 1. The van der Waals surface area contributed by atoms with Gasteiger partial charge in [0.25, 0.3) is 5.88 Å². The quantitative estimate of drug-likeness (QED) is 0.524. The number of aromatic nitrogens is 1.